The Bertz CT molecular complexity index is 1300. The maximum absolute atomic E-state index is 13.3. The summed E-state index contributed by atoms with van der Waals surface area (Å²) < 4.78 is 5.33. The Kier molecular flexibility index (Phi) is 15.1. The van der Waals surface area contributed by atoms with E-state index in [1.54, 1.807) is 58.9 Å². The van der Waals surface area contributed by atoms with Gasteiger partial charge >= 0.3 is 12.0 Å². The number of esters is 1. The van der Waals surface area contributed by atoms with Crippen LogP contribution in [0.2, 0.25) is 0 Å². The van der Waals surface area contributed by atoms with Gasteiger partial charge < -0.3 is 31.7 Å². The number of hydrogen-bond acceptors (Lipinski definition) is 8. The lowest BCUT2D eigenvalue weighted by Crippen LogP contribution is -2.54. The number of urea groups is 1. The number of nitrogens with two attached hydrogens (primary N) is 1. The maximum atomic E-state index is 13.3. The molecule has 2 rings (SSSR count). The number of nitrogens with one attached hydrogen (secondary N) is 4. The minimum atomic E-state index is -0.992. The van der Waals surface area contributed by atoms with Crippen molar-refractivity contribution in [3.8, 4) is 0 Å². The molecule has 0 aliphatic carbocycles. The van der Waals surface area contributed by atoms with Gasteiger partial charge in [-0.25, -0.2) is 4.79 Å². The highest BCUT2D eigenvalue weighted by Crippen LogP contribution is 2.18. The van der Waals surface area contributed by atoms with Crippen LogP contribution in [0.15, 0.2) is 36.4 Å². The second-order valence-corrected chi connectivity index (χ2v) is 12.8. The van der Waals surface area contributed by atoms with Gasteiger partial charge in [-0.05, 0) is 70.1 Å². The number of carbonyl (C=O) groups is 7. The van der Waals surface area contributed by atoms with Gasteiger partial charge in [0.15, 0.2) is 0 Å². The summed E-state index contributed by atoms with van der Waals surface area (Å²) in [5.74, 6) is -2.69. The SMILES string of the molecule is CC(C)[C@H](NC(=O)CCCCCN1C(=O)C=CC1=O)C(=O)N[C@H](CCCNC(N)=O)C(=O)Nc1ccc(COC(=O)C(C)(C)C)cc1. The van der Waals surface area contributed by atoms with E-state index in [1.165, 1.54) is 12.2 Å². The Morgan fingerprint density at radius 2 is 1.51 bits per heavy atom. The van der Waals surface area contributed by atoms with Gasteiger partial charge in [-0.3, -0.25) is 33.7 Å². The number of ether oxygens (including phenoxy) is 1. The van der Waals surface area contributed by atoms with E-state index in [1.807, 2.05) is 0 Å². The third kappa shape index (κ3) is 13.6. The Morgan fingerprint density at radius 3 is 2.09 bits per heavy atom. The van der Waals surface area contributed by atoms with Gasteiger partial charge in [0.1, 0.15) is 18.7 Å². The van der Waals surface area contributed by atoms with Gasteiger partial charge in [-0.2, -0.15) is 0 Å². The molecule has 0 spiro atoms. The zero-order valence-corrected chi connectivity index (χ0v) is 27.9. The van der Waals surface area contributed by atoms with Crippen molar-refractivity contribution in [1.82, 2.24) is 20.9 Å². The number of amides is 7. The smallest absolute Gasteiger partial charge is 0.312 e. The van der Waals surface area contributed by atoms with Gasteiger partial charge in [0.05, 0.1) is 5.41 Å². The lowest BCUT2D eigenvalue weighted by Gasteiger charge is -2.25. The zero-order valence-electron chi connectivity index (χ0n) is 27.9. The minimum Gasteiger partial charge on any atom is -0.460 e. The van der Waals surface area contributed by atoms with Crippen LogP contribution in [0.1, 0.15) is 78.7 Å². The van der Waals surface area contributed by atoms with Crippen molar-refractivity contribution < 1.29 is 38.3 Å². The standard InChI is InChI=1S/C33H48N6O8/c1-21(2)28(38-25(40)11-7-6-8-19-39-26(41)16-17-27(39)42)30(44)37-24(10-9-18-35-32(34)46)29(43)36-23-14-12-22(13-15-23)20-47-31(45)33(3,4)5/h12-17,21,24,28H,6-11,18-20H2,1-5H3,(H,36,43)(H,37,44)(H,38,40)(H3,34,35,46)/t24-,28+/m1/s1. The third-order valence-electron chi connectivity index (χ3n) is 7.26. The van der Waals surface area contributed by atoms with Crippen molar-refractivity contribution in [2.24, 2.45) is 17.1 Å². The summed E-state index contributed by atoms with van der Waals surface area (Å²) in [5, 5.41) is 10.7. The van der Waals surface area contributed by atoms with E-state index < -0.39 is 35.3 Å². The molecule has 0 saturated heterocycles. The molecule has 0 unspecified atom stereocenters. The molecule has 0 aromatic heterocycles. The number of hydrogen-bond donors (Lipinski definition) is 5. The highest BCUT2D eigenvalue weighted by molar-refractivity contribution is 6.12. The molecular formula is C33H48N6O8. The largest absolute Gasteiger partial charge is 0.460 e. The van der Waals surface area contributed by atoms with Gasteiger partial charge in [0, 0.05) is 37.3 Å². The van der Waals surface area contributed by atoms with E-state index in [9.17, 15) is 33.6 Å². The molecule has 14 nitrogen and oxygen atoms in total. The molecule has 0 saturated carbocycles. The Hall–Kier alpha value is -4.75. The summed E-state index contributed by atoms with van der Waals surface area (Å²) in [7, 11) is 0. The number of imide groups is 1. The predicted octanol–water partition coefficient (Wildman–Crippen LogP) is 2.27. The highest BCUT2D eigenvalue weighted by atomic mass is 16.5. The quantitative estimate of drug-likeness (QED) is 0.0898. The van der Waals surface area contributed by atoms with Gasteiger partial charge in [0.25, 0.3) is 11.8 Å². The molecule has 0 bridgehead atoms. The van der Waals surface area contributed by atoms with Crippen LogP contribution in [0, 0.1) is 11.3 Å². The fourth-order valence-electron chi connectivity index (χ4n) is 4.49. The molecule has 1 aliphatic heterocycles. The van der Waals surface area contributed by atoms with Crippen molar-refractivity contribution in [1.29, 1.82) is 0 Å². The normalized spacial score (nSPS) is 14.0. The summed E-state index contributed by atoms with van der Waals surface area (Å²) >= 11 is 0. The van der Waals surface area contributed by atoms with Crippen LogP contribution in [0.4, 0.5) is 10.5 Å². The molecule has 7 amide bonds. The highest BCUT2D eigenvalue weighted by Gasteiger charge is 2.29. The van der Waals surface area contributed by atoms with Crippen molar-refractivity contribution in [3.05, 3.63) is 42.0 Å². The van der Waals surface area contributed by atoms with Gasteiger partial charge in [0.2, 0.25) is 17.7 Å². The van der Waals surface area contributed by atoms with Crippen molar-refractivity contribution in [3.63, 3.8) is 0 Å². The van der Waals surface area contributed by atoms with E-state index >= 15 is 0 Å². The third-order valence-corrected chi connectivity index (χ3v) is 7.26. The molecule has 47 heavy (non-hydrogen) atoms. The van der Waals surface area contributed by atoms with E-state index in [0.717, 1.165) is 10.5 Å². The molecule has 1 aliphatic rings. The first-order chi connectivity index (χ1) is 22.1. The Morgan fingerprint density at radius 1 is 0.872 bits per heavy atom. The van der Waals surface area contributed by atoms with Gasteiger partial charge in [-0.1, -0.05) is 32.4 Å². The minimum absolute atomic E-state index is 0.0799. The van der Waals surface area contributed by atoms with Crippen LogP contribution >= 0.6 is 0 Å². The van der Waals surface area contributed by atoms with E-state index in [4.69, 9.17) is 10.5 Å². The monoisotopic (exact) mass is 656 g/mol. The first kappa shape index (κ1) is 38.4. The Labute approximate surface area is 275 Å². The van der Waals surface area contributed by atoms with Crippen molar-refractivity contribution >= 4 is 47.2 Å². The second-order valence-electron chi connectivity index (χ2n) is 12.8. The van der Waals surface area contributed by atoms with E-state index in [-0.39, 0.29) is 62.1 Å². The van der Waals surface area contributed by atoms with E-state index in [2.05, 4.69) is 21.3 Å². The van der Waals surface area contributed by atoms with Crippen molar-refractivity contribution in [2.45, 2.75) is 91.8 Å². The Balaban J connectivity index is 1.95. The van der Waals surface area contributed by atoms with Crippen molar-refractivity contribution in [2.75, 3.05) is 18.4 Å². The molecular weight excluding hydrogens is 608 g/mol. The van der Waals surface area contributed by atoms with Gasteiger partial charge in [-0.15, -0.1) is 0 Å². The first-order valence-electron chi connectivity index (χ1n) is 15.8. The summed E-state index contributed by atoms with van der Waals surface area (Å²) in [6.45, 7) is 9.38. The average molecular weight is 657 g/mol. The number of primary amides is 1. The zero-order chi connectivity index (χ0) is 35.1. The summed E-state index contributed by atoms with van der Waals surface area (Å²) in [5.41, 5.74) is 5.69. The lowest BCUT2D eigenvalue weighted by molar-refractivity contribution is -0.154. The lowest BCUT2D eigenvalue weighted by atomic mass is 9.97. The molecule has 0 fully saturated rings. The molecule has 1 aromatic rings. The number of anilines is 1. The predicted molar refractivity (Wildman–Crippen MR) is 174 cm³/mol. The number of carbonyl (C=O) groups excluding carboxylic acids is 7. The summed E-state index contributed by atoms with van der Waals surface area (Å²) in [6.07, 6.45) is 4.77. The number of rotatable bonds is 18. The first-order valence-corrected chi connectivity index (χ1v) is 15.8. The maximum Gasteiger partial charge on any atom is 0.312 e. The number of benzene rings is 1. The molecule has 1 heterocycles. The average Bonchev–Trinajstić information content (AvgIpc) is 3.32. The van der Waals surface area contributed by atoms with Crippen LogP contribution in [0.3, 0.4) is 0 Å². The van der Waals surface area contributed by atoms with Crippen LogP contribution in [0.25, 0.3) is 0 Å². The summed E-state index contributed by atoms with van der Waals surface area (Å²) in [4.78, 5) is 86.9. The molecule has 0 radical (unpaired) electrons. The number of nitrogens with zero attached hydrogens (tertiary/aromatic N) is 1. The number of unbranched alkanes of at least 4 members (excludes halogenated alkanes) is 2. The van der Waals surface area contributed by atoms with Crippen LogP contribution in [-0.4, -0.2) is 71.6 Å². The topological polar surface area (TPSA) is 206 Å². The van der Waals surface area contributed by atoms with Crippen LogP contribution in [0.5, 0.6) is 0 Å². The molecule has 258 valence electrons. The second kappa shape index (κ2) is 18.4. The fourth-order valence-corrected chi connectivity index (χ4v) is 4.49. The molecule has 14 heteroatoms. The molecule has 6 N–H and O–H groups in total. The van der Waals surface area contributed by atoms with E-state index in [0.29, 0.717) is 31.4 Å². The fraction of sp³-hybridized carbons (Fsp3) is 0.545. The van der Waals surface area contributed by atoms with Crippen LogP contribution in [-0.2, 0) is 40.1 Å². The van der Waals surface area contributed by atoms with Crippen LogP contribution < -0.4 is 27.0 Å². The molecule has 1 aromatic carbocycles. The summed E-state index contributed by atoms with van der Waals surface area (Å²) in [6, 6.07) is 4.12. The molecule has 2 atom stereocenters.